The van der Waals surface area contributed by atoms with E-state index in [1.54, 1.807) is 26.7 Å². The number of imide groups is 1. The smallest absolute Gasteiger partial charge is 0.284 e. The minimum atomic E-state index is -2.73. The fourth-order valence-corrected chi connectivity index (χ4v) is 6.74. The summed E-state index contributed by atoms with van der Waals surface area (Å²) in [6.45, 7) is 5.06. The number of alkyl halides is 2. The Kier molecular flexibility index (Phi) is 7.62. The average Bonchev–Trinajstić information content (AvgIpc) is 3.76. The molecule has 3 saturated heterocycles. The largest absolute Gasteiger partial charge is 0.378 e. The van der Waals surface area contributed by atoms with Gasteiger partial charge in [0.1, 0.15) is 17.5 Å². The van der Waals surface area contributed by atoms with Crippen LogP contribution in [0.2, 0.25) is 0 Å². The molecule has 14 heteroatoms. The lowest BCUT2D eigenvalue weighted by molar-refractivity contribution is -0.136. The molecule has 3 fully saturated rings. The second-order valence-electron chi connectivity index (χ2n) is 11.8. The van der Waals surface area contributed by atoms with E-state index in [2.05, 4.69) is 25.3 Å². The van der Waals surface area contributed by atoms with E-state index in [9.17, 15) is 23.2 Å². The van der Waals surface area contributed by atoms with Crippen molar-refractivity contribution >= 4 is 23.5 Å². The van der Waals surface area contributed by atoms with Crippen LogP contribution >= 0.6 is 0 Å². The van der Waals surface area contributed by atoms with Gasteiger partial charge in [-0.25, -0.2) is 13.5 Å². The van der Waals surface area contributed by atoms with Crippen LogP contribution in [0.3, 0.4) is 0 Å². The molecule has 0 spiro atoms. The normalized spacial score (nSPS) is 21.8. The number of benzene rings is 1. The molecule has 232 valence electrons. The number of carbonyl (C=O) groups excluding carboxylic acids is 3. The van der Waals surface area contributed by atoms with Gasteiger partial charge in [0.15, 0.2) is 5.69 Å². The number of likely N-dealkylation sites (tertiary alicyclic amines) is 1. The van der Waals surface area contributed by atoms with Crippen molar-refractivity contribution in [2.75, 3.05) is 44.3 Å². The molecule has 1 atom stereocenters. The molecule has 7 rings (SSSR count). The zero-order chi connectivity index (χ0) is 30.4. The van der Waals surface area contributed by atoms with Crippen LogP contribution in [0.15, 0.2) is 36.7 Å². The number of fused-ring (bicyclic) bond motifs is 1. The number of nitrogens with zero attached hydrogens (tertiary/aromatic N) is 7. The third kappa shape index (κ3) is 5.36. The Balaban J connectivity index is 1.00. The summed E-state index contributed by atoms with van der Waals surface area (Å²) in [4.78, 5) is 42.9. The van der Waals surface area contributed by atoms with Crippen molar-refractivity contribution in [2.45, 2.75) is 57.3 Å². The molecule has 0 aliphatic carbocycles. The Hall–Kier alpha value is -4.17. The van der Waals surface area contributed by atoms with Gasteiger partial charge in [0.25, 0.3) is 12.3 Å². The molecule has 0 saturated carbocycles. The summed E-state index contributed by atoms with van der Waals surface area (Å²) < 4.78 is 37.0. The summed E-state index contributed by atoms with van der Waals surface area (Å²) in [5, 5.41) is 11.1. The van der Waals surface area contributed by atoms with Gasteiger partial charge in [-0.2, -0.15) is 10.2 Å². The second-order valence-corrected chi connectivity index (χ2v) is 11.8. The predicted octanol–water partition coefficient (Wildman–Crippen LogP) is 2.44. The summed E-state index contributed by atoms with van der Waals surface area (Å²) in [6, 6.07) is 6.97. The number of hydrogen-bond acceptors (Lipinski definition) is 8. The maximum Gasteiger partial charge on any atom is 0.284 e. The number of rotatable bonds is 7. The molecule has 1 unspecified atom stereocenters. The van der Waals surface area contributed by atoms with E-state index < -0.39 is 18.4 Å². The summed E-state index contributed by atoms with van der Waals surface area (Å²) in [5.41, 5.74) is 2.56. The Morgan fingerprint density at radius 3 is 2.57 bits per heavy atom. The fourth-order valence-electron chi connectivity index (χ4n) is 6.74. The number of piperidine rings is 2. The van der Waals surface area contributed by atoms with Crippen molar-refractivity contribution in [1.29, 1.82) is 0 Å². The SMILES string of the molecule is O=C1CCC(N2Cc3cc(CN4CCC(n5cc(-n6nccc6N6CCOCC6)c(C(F)F)n5)CC4)ccc3C2=O)C(=O)N1. The zero-order valence-corrected chi connectivity index (χ0v) is 24.2. The van der Waals surface area contributed by atoms with Gasteiger partial charge in [-0.1, -0.05) is 12.1 Å². The lowest BCUT2D eigenvalue weighted by atomic mass is 10.0. The van der Waals surface area contributed by atoms with Crippen LogP contribution in [-0.2, 0) is 27.4 Å². The number of aromatic nitrogens is 4. The van der Waals surface area contributed by atoms with E-state index in [1.165, 1.54) is 0 Å². The highest BCUT2D eigenvalue weighted by Crippen LogP contribution is 2.33. The minimum absolute atomic E-state index is 0.0142. The van der Waals surface area contributed by atoms with E-state index in [-0.39, 0.29) is 30.0 Å². The monoisotopic (exact) mass is 608 g/mol. The molecule has 4 aliphatic heterocycles. The van der Waals surface area contributed by atoms with Crippen molar-refractivity contribution in [1.82, 2.24) is 34.7 Å². The van der Waals surface area contributed by atoms with Gasteiger partial charge in [-0.15, -0.1) is 0 Å². The number of halogens is 2. The van der Waals surface area contributed by atoms with Crippen molar-refractivity contribution in [2.24, 2.45) is 0 Å². The van der Waals surface area contributed by atoms with Crippen LogP contribution in [0.5, 0.6) is 0 Å². The van der Waals surface area contributed by atoms with Crippen LogP contribution in [0.1, 0.15) is 65.3 Å². The standard InChI is InChI=1S/C30H34F2N8O4/c31-28(32)27-24(40-26(5-8-33-40)37-11-13-44-14-12-37)18-39(35-27)21-6-9-36(10-7-21)16-19-1-2-22-20(15-19)17-38(30(22)43)23-3-4-25(41)34-29(23)42/h1-2,5,8,15,18,21,23,28H,3-4,6-7,9-14,16-17H2,(H,34,41,42). The number of hydrogen-bond donors (Lipinski definition) is 1. The van der Waals surface area contributed by atoms with Gasteiger partial charge in [0.2, 0.25) is 11.8 Å². The molecule has 4 aliphatic rings. The second kappa shape index (κ2) is 11.7. The van der Waals surface area contributed by atoms with E-state index in [1.807, 2.05) is 24.3 Å². The first kappa shape index (κ1) is 28.6. The van der Waals surface area contributed by atoms with Gasteiger partial charge in [0, 0.05) is 57.3 Å². The third-order valence-corrected chi connectivity index (χ3v) is 9.06. The lowest BCUT2D eigenvalue weighted by Crippen LogP contribution is -2.52. The Morgan fingerprint density at radius 2 is 1.82 bits per heavy atom. The molecule has 0 radical (unpaired) electrons. The maximum absolute atomic E-state index is 14.1. The number of carbonyl (C=O) groups is 3. The van der Waals surface area contributed by atoms with Crippen molar-refractivity contribution in [3.63, 3.8) is 0 Å². The zero-order valence-electron chi connectivity index (χ0n) is 24.2. The highest BCUT2D eigenvalue weighted by Gasteiger charge is 2.39. The highest BCUT2D eigenvalue weighted by atomic mass is 19.3. The van der Waals surface area contributed by atoms with Crippen LogP contribution in [-0.4, -0.2) is 92.5 Å². The van der Waals surface area contributed by atoms with Gasteiger partial charge < -0.3 is 14.5 Å². The first-order valence-electron chi connectivity index (χ1n) is 15.1. The Labute approximate surface area is 252 Å². The number of ether oxygens (including phenoxy) is 1. The maximum atomic E-state index is 14.1. The van der Waals surface area contributed by atoms with E-state index in [0.717, 1.165) is 42.9 Å². The summed E-state index contributed by atoms with van der Waals surface area (Å²) in [5.74, 6) is -0.158. The van der Waals surface area contributed by atoms with Crippen LogP contribution in [0.4, 0.5) is 14.6 Å². The number of amides is 3. The molecule has 1 aromatic carbocycles. The number of nitrogens with one attached hydrogen (secondary N) is 1. The molecule has 1 N–H and O–H groups in total. The lowest BCUT2D eigenvalue weighted by Gasteiger charge is -2.32. The molecule has 3 amide bonds. The van der Waals surface area contributed by atoms with Crippen LogP contribution in [0.25, 0.3) is 5.69 Å². The summed E-state index contributed by atoms with van der Waals surface area (Å²) >= 11 is 0. The minimum Gasteiger partial charge on any atom is -0.378 e. The molecule has 2 aromatic heterocycles. The highest BCUT2D eigenvalue weighted by molar-refractivity contribution is 6.05. The van der Waals surface area contributed by atoms with Crippen molar-refractivity contribution in [3.05, 3.63) is 59.0 Å². The fraction of sp³-hybridized carbons (Fsp3) is 0.500. The first-order valence-corrected chi connectivity index (χ1v) is 15.1. The van der Waals surface area contributed by atoms with Gasteiger partial charge in [-0.05, 0) is 36.5 Å². The van der Waals surface area contributed by atoms with Gasteiger partial charge >= 0.3 is 0 Å². The summed E-state index contributed by atoms with van der Waals surface area (Å²) in [7, 11) is 0. The number of morpholine rings is 1. The van der Waals surface area contributed by atoms with Crippen LogP contribution < -0.4 is 10.2 Å². The quantitative estimate of drug-likeness (QED) is 0.407. The Morgan fingerprint density at radius 1 is 1.02 bits per heavy atom. The summed E-state index contributed by atoms with van der Waals surface area (Å²) in [6.07, 6.45) is 2.66. The molecular formula is C30H34F2N8O4. The van der Waals surface area contributed by atoms with E-state index in [0.29, 0.717) is 57.1 Å². The number of anilines is 1. The third-order valence-electron chi connectivity index (χ3n) is 9.06. The van der Waals surface area contributed by atoms with E-state index >= 15 is 0 Å². The van der Waals surface area contributed by atoms with Crippen LogP contribution in [0, 0.1) is 0 Å². The molecular weight excluding hydrogens is 574 g/mol. The van der Waals surface area contributed by atoms with E-state index in [4.69, 9.17) is 4.74 Å². The van der Waals surface area contributed by atoms with Gasteiger partial charge in [0.05, 0.1) is 31.6 Å². The molecule has 12 nitrogen and oxygen atoms in total. The van der Waals surface area contributed by atoms with Crippen molar-refractivity contribution in [3.8, 4) is 5.69 Å². The molecule has 44 heavy (non-hydrogen) atoms. The predicted molar refractivity (Wildman–Crippen MR) is 153 cm³/mol. The Bertz CT molecular complexity index is 1570. The molecule has 3 aromatic rings. The van der Waals surface area contributed by atoms with Crippen molar-refractivity contribution < 1.29 is 27.9 Å². The first-order chi connectivity index (χ1) is 21.4. The molecule has 6 heterocycles. The van der Waals surface area contributed by atoms with Gasteiger partial charge in [-0.3, -0.25) is 29.3 Å². The molecule has 0 bridgehead atoms. The average molecular weight is 609 g/mol. The topological polar surface area (TPSA) is 118 Å².